The number of nitrogens with zero attached hydrogens (tertiary/aromatic N) is 2. The van der Waals surface area contributed by atoms with Gasteiger partial charge >= 0.3 is 6.18 Å². The average molecular weight is 494 g/mol. The summed E-state index contributed by atoms with van der Waals surface area (Å²) in [4.78, 5) is 29.9. The van der Waals surface area contributed by atoms with Crippen molar-refractivity contribution in [1.82, 2.24) is 9.80 Å². The Balaban J connectivity index is 1.40. The van der Waals surface area contributed by atoms with Crippen molar-refractivity contribution in [1.29, 1.82) is 0 Å². The topological polar surface area (TPSA) is 52.7 Å². The van der Waals surface area contributed by atoms with Gasteiger partial charge in [-0.2, -0.15) is 13.2 Å². The molecule has 2 aromatic rings. The molecule has 1 saturated heterocycles. The zero-order valence-electron chi connectivity index (χ0n) is 18.7. The summed E-state index contributed by atoms with van der Waals surface area (Å²) in [6.45, 7) is 1.89. The summed E-state index contributed by atoms with van der Waals surface area (Å²) in [5.74, 6) is -0.0994. The molecule has 9 heteroatoms. The Kier molecular flexibility index (Phi) is 7.48. The standard InChI is InChI=1S/C25H27ClF3N3O2/c26-20-9-11-21(12-10-20)30-23(33)22(17-3-1-2-4-17)31-13-15-32(16-14-31)24(34)18-5-7-19(8-6-18)25(27,28)29/h5-12,17,22H,1-4,13-16H2,(H,30,33). The number of carbonyl (C=O) groups excluding carboxylic acids is 2. The van der Waals surface area contributed by atoms with Crippen LogP contribution in [0.5, 0.6) is 0 Å². The summed E-state index contributed by atoms with van der Waals surface area (Å²) in [7, 11) is 0. The molecule has 182 valence electrons. The molecule has 2 fully saturated rings. The van der Waals surface area contributed by atoms with Crippen molar-refractivity contribution in [3.63, 3.8) is 0 Å². The highest BCUT2D eigenvalue weighted by Gasteiger charge is 2.37. The van der Waals surface area contributed by atoms with Crippen molar-refractivity contribution in [2.45, 2.75) is 37.9 Å². The number of hydrogen-bond donors (Lipinski definition) is 1. The summed E-state index contributed by atoms with van der Waals surface area (Å²) < 4.78 is 38.4. The molecule has 1 unspecified atom stereocenters. The molecule has 1 aliphatic heterocycles. The summed E-state index contributed by atoms with van der Waals surface area (Å²) >= 11 is 5.94. The van der Waals surface area contributed by atoms with E-state index in [1.54, 1.807) is 29.2 Å². The van der Waals surface area contributed by atoms with E-state index in [2.05, 4.69) is 10.2 Å². The molecule has 5 nitrogen and oxygen atoms in total. The number of nitrogens with one attached hydrogen (secondary N) is 1. The fourth-order valence-electron chi connectivity index (χ4n) is 4.89. The Morgan fingerprint density at radius 2 is 1.50 bits per heavy atom. The average Bonchev–Trinajstić information content (AvgIpc) is 3.34. The van der Waals surface area contributed by atoms with Crippen molar-refractivity contribution in [3.8, 4) is 0 Å². The van der Waals surface area contributed by atoms with Crippen LogP contribution in [0.4, 0.5) is 18.9 Å². The normalized spacial score (nSPS) is 18.6. The number of hydrogen-bond acceptors (Lipinski definition) is 3. The number of rotatable bonds is 5. The van der Waals surface area contributed by atoms with Gasteiger partial charge in [-0.3, -0.25) is 14.5 Å². The predicted molar refractivity (Wildman–Crippen MR) is 125 cm³/mol. The first-order valence-electron chi connectivity index (χ1n) is 11.5. The lowest BCUT2D eigenvalue weighted by atomic mass is 9.94. The largest absolute Gasteiger partial charge is 0.416 e. The summed E-state index contributed by atoms with van der Waals surface area (Å²) in [5.41, 5.74) is 0.141. The van der Waals surface area contributed by atoms with Gasteiger partial charge in [0.2, 0.25) is 5.91 Å². The Labute approximate surface area is 201 Å². The fraction of sp³-hybridized carbons (Fsp3) is 0.440. The van der Waals surface area contributed by atoms with Crippen LogP contribution in [0, 0.1) is 5.92 Å². The maximum atomic E-state index is 13.3. The van der Waals surface area contributed by atoms with Crippen LogP contribution in [0.15, 0.2) is 48.5 Å². The zero-order chi connectivity index (χ0) is 24.3. The lowest BCUT2D eigenvalue weighted by Gasteiger charge is -2.40. The minimum atomic E-state index is -4.44. The minimum absolute atomic E-state index is 0.0586. The first-order chi connectivity index (χ1) is 16.2. The molecule has 4 rings (SSSR count). The highest BCUT2D eigenvalue weighted by Crippen LogP contribution is 2.32. The van der Waals surface area contributed by atoms with Gasteiger partial charge in [0, 0.05) is 42.5 Å². The Hall–Kier alpha value is -2.58. The van der Waals surface area contributed by atoms with Gasteiger partial charge < -0.3 is 10.2 Å². The number of halogens is 4. The molecule has 1 aliphatic carbocycles. The Morgan fingerprint density at radius 1 is 0.912 bits per heavy atom. The summed E-state index contributed by atoms with van der Waals surface area (Å²) in [5, 5.41) is 3.61. The molecule has 0 bridgehead atoms. The van der Waals surface area contributed by atoms with E-state index in [-0.39, 0.29) is 29.3 Å². The van der Waals surface area contributed by atoms with Crippen molar-refractivity contribution in [2.24, 2.45) is 5.92 Å². The first kappa shape index (κ1) is 24.5. The van der Waals surface area contributed by atoms with Crippen LogP contribution < -0.4 is 5.32 Å². The van der Waals surface area contributed by atoms with Crippen molar-refractivity contribution in [3.05, 3.63) is 64.7 Å². The molecular formula is C25H27ClF3N3O2. The maximum Gasteiger partial charge on any atom is 0.416 e. The van der Waals surface area contributed by atoms with Crippen molar-refractivity contribution < 1.29 is 22.8 Å². The van der Waals surface area contributed by atoms with E-state index in [4.69, 9.17) is 11.6 Å². The third-order valence-corrected chi connectivity index (χ3v) is 6.93. The van der Waals surface area contributed by atoms with Crippen LogP contribution in [0.25, 0.3) is 0 Å². The third kappa shape index (κ3) is 5.73. The number of amides is 2. The third-order valence-electron chi connectivity index (χ3n) is 6.68. The number of piperazine rings is 1. The second-order valence-electron chi connectivity index (χ2n) is 8.89. The fourth-order valence-corrected chi connectivity index (χ4v) is 5.01. The van der Waals surface area contributed by atoms with Crippen molar-refractivity contribution in [2.75, 3.05) is 31.5 Å². The minimum Gasteiger partial charge on any atom is -0.336 e. The Morgan fingerprint density at radius 3 is 2.06 bits per heavy atom. The van der Waals surface area contributed by atoms with Gasteiger partial charge in [-0.25, -0.2) is 0 Å². The van der Waals surface area contributed by atoms with Gasteiger partial charge in [0.1, 0.15) is 0 Å². The highest BCUT2D eigenvalue weighted by molar-refractivity contribution is 6.30. The van der Waals surface area contributed by atoms with Crippen LogP contribution >= 0.6 is 11.6 Å². The smallest absolute Gasteiger partial charge is 0.336 e. The van der Waals surface area contributed by atoms with Gasteiger partial charge in [-0.05, 0) is 67.3 Å². The zero-order valence-corrected chi connectivity index (χ0v) is 19.4. The molecule has 0 radical (unpaired) electrons. The number of carbonyl (C=O) groups is 2. The lowest BCUT2D eigenvalue weighted by molar-refractivity contribution is -0.137. The van der Waals surface area contributed by atoms with Gasteiger partial charge in [-0.15, -0.1) is 0 Å². The first-order valence-corrected chi connectivity index (χ1v) is 11.9. The molecule has 34 heavy (non-hydrogen) atoms. The lowest BCUT2D eigenvalue weighted by Crippen LogP contribution is -2.56. The highest BCUT2D eigenvalue weighted by atomic mass is 35.5. The van der Waals surface area contributed by atoms with Crippen molar-refractivity contribution >= 4 is 29.1 Å². The molecule has 2 aliphatic rings. The number of alkyl halides is 3. The molecule has 1 N–H and O–H groups in total. The van der Waals surface area contributed by atoms with Crippen LogP contribution in [0.3, 0.4) is 0 Å². The summed E-state index contributed by atoms with van der Waals surface area (Å²) in [6.07, 6.45) is -0.259. The second kappa shape index (κ2) is 10.4. The van der Waals surface area contributed by atoms with Crippen LogP contribution in [0.1, 0.15) is 41.6 Å². The monoisotopic (exact) mass is 493 g/mol. The molecule has 0 spiro atoms. The molecular weight excluding hydrogens is 467 g/mol. The molecule has 0 aromatic heterocycles. The summed E-state index contributed by atoms with van der Waals surface area (Å²) in [6, 6.07) is 11.0. The van der Waals surface area contributed by atoms with E-state index in [0.717, 1.165) is 37.8 Å². The van der Waals surface area contributed by atoms with E-state index >= 15 is 0 Å². The van der Waals surface area contributed by atoms with Gasteiger partial charge in [0.25, 0.3) is 5.91 Å². The van der Waals surface area contributed by atoms with Gasteiger partial charge in [-0.1, -0.05) is 24.4 Å². The molecule has 1 saturated carbocycles. The molecule has 1 heterocycles. The van der Waals surface area contributed by atoms with E-state index in [9.17, 15) is 22.8 Å². The van der Waals surface area contributed by atoms with E-state index in [0.29, 0.717) is 36.9 Å². The maximum absolute atomic E-state index is 13.3. The van der Waals surface area contributed by atoms with Crippen LogP contribution in [-0.2, 0) is 11.0 Å². The Bertz CT molecular complexity index is 998. The molecule has 2 amide bonds. The number of anilines is 1. The van der Waals surface area contributed by atoms with Crippen LogP contribution in [-0.4, -0.2) is 53.8 Å². The predicted octanol–water partition coefficient (Wildman–Crippen LogP) is 5.31. The van der Waals surface area contributed by atoms with Gasteiger partial charge in [0.05, 0.1) is 11.6 Å². The van der Waals surface area contributed by atoms with Gasteiger partial charge in [0.15, 0.2) is 0 Å². The van der Waals surface area contributed by atoms with E-state index < -0.39 is 11.7 Å². The van der Waals surface area contributed by atoms with Crippen LogP contribution in [0.2, 0.25) is 5.02 Å². The van der Waals surface area contributed by atoms with E-state index in [1.807, 2.05) is 0 Å². The quantitative estimate of drug-likeness (QED) is 0.614. The SMILES string of the molecule is O=C(Nc1ccc(Cl)cc1)C(C1CCCC1)N1CCN(C(=O)c2ccc(C(F)(F)F)cc2)CC1. The molecule has 2 aromatic carbocycles. The molecule has 1 atom stereocenters. The second-order valence-corrected chi connectivity index (χ2v) is 9.33. The van der Waals surface area contributed by atoms with E-state index in [1.165, 1.54) is 12.1 Å². The number of benzene rings is 2.